The number of pyridine rings is 1. The number of fused-ring (bicyclic) bond motifs is 3. The molecule has 0 aliphatic carbocycles. The fourth-order valence-corrected chi connectivity index (χ4v) is 4.80. The molecule has 2 fully saturated rings. The van der Waals surface area contributed by atoms with E-state index in [0.717, 1.165) is 49.5 Å². The topological polar surface area (TPSA) is 130 Å². The van der Waals surface area contributed by atoms with Gasteiger partial charge in [0.25, 0.3) is 5.91 Å². The van der Waals surface area contributed by atoms with Gasteiger partial charge < -0.3 is 23.6 Å². The maximum absolute atomic E-state index is 12.4. The van der Waals surface area contributed by atoms with Crippen molar-refractivity contribution in [2.24, 2.45) is 0 Å². The van der Waals surface area contributed by atoms with E-state index in [1.165, 1.54) is 0 Å². The van der Waals surface area contributed by atoms with Gasteiger partial charge in [-0.2, -0.15) is 4.52 Å². The highest BCUT2D eigenvalue weighted by Gasteiger charge is 2.22. The second-order valence-electron chi connectivity index (χ2n) is 9.87. The number of aromatic nitrogens is 6. The molecule has 6 heterocycles. The Morgan fingerprint density at radius 1 is 1.02 bits per heavy atom. The van der Waals surface area contributed by atoms with Crippen molar-refractivity contribution >= 4 is 22.3 Å². The molecular weight excluding hydrogens is 514 g/mol. The lowest BCUT2D eigenvalue weighted by atomic mass is 10.1. The third-order valence-corrected chi connectivity index (χ3v) is 7.14. The number of benzene rings is 1. The monoisotopic (exact) mass is 541 g/mol. The van der Waals surface area contributed by atoms with Crippen molar-refractivity contribution in [3.63, 3.8) is 0 Å². The Morgan fingerprint density at radius 3 is 2.70 bits per heavy atom. The summed E-state index contributed by atoms with van der Waals surface area (Å²) in [6.07, 6.45) is 5.43. The number of ether oxygens (including phenoxy) is 3. The molecule has 1 aromatic carbocycles. The van der Waals surface area contributed by atoms with Crippen molar-refractivity contribution in [1.29, 1.82) is 0 Å². The van der Waals surface area contributed by atoms with Gasteiger partial charge in [0.05, 0.1) is 11.3 Å². The Morgan fingerprint density at radius 2 is 1.93 bits per heavy atom. The predicted molar refractivity (Wildman–Crippen MR) is 141 cm³/mol. The molecule has 5 aromatic rings. The highest BCUT2D eigenvalue weighted by Crippen LogP contribution is 2.29. The molecule has 1 atom stereocenters. The first kappa shape index (κ1) is 24.6. The quantitative estimate of drug-likeness (QED) is 0.286. The van der Waals surface area contributed by atoms with E-state index in [2.05, 4.69) is 20.3 Å². The maximum atomic E-state index is 12.4. The van der Waals surface area contributed by atoms with Crippen molar-refractivity contribution in [1.82, 2.24) is 34.9 Å². The lowest BCUT2D eigenvalue weighted by Crippen LogP contribution is -2.42. The number of amides is 1. The SMILES string of the molecule is O=C(c1ccc(COc2nn3c(-c4cc(COC5CCCCO5)on4)nnc3c3ccccc23)nc1)N1CCC1. The smallest absolute Gasteiger partial charge is 0.255 e. The lowest BCUT2D eigenvalue weighted by Gasteiger charge is -2.30. The van der Waals surface area contributed by atoms with E-state index in [0.29, 0.717) is 46.7 Å². The van der Waals surface area contributed by atoms with Crippen LogP contribution in [0.2, 0.25) is 0 Å². The number of nitrogens with zero attached hydrogens (tertiary/aromatic N) is 7. The van der Waals surface area contributed by atoms with Crippen molar-refractivity contribution in [2.45, 2.75) is 45.2 Å². The molecule has 0 radical (unpaired) electrons. The van der Waals surface area contributed by atoms with Crippen molar-refractivity contribution in [2.75, 3.05) is 19.7 Å². The molecule has 2 aliphatic rings. The number of carbonyl (C=O) groups excluding carboxylic acids is 1. The first-order valence-corrected chi connectivity index (χ1v) is 13.4. The Labute approximate surface area is 228 Å². The fourth-order valence-electron chi connectivity index (χ4n) is 4.80. The third-order valence-electron chi connectivity index (χ3n) is 7.14. The molecule has 2 aliphatic heterocycles. The van der Waals surface area contributed by atoms with Gasteiger partial charge in [-0.25, -0.2) is 0 Å². The largest absolute Gasteiger partial charge is 0.470 e. The van der Waals surface area contributed by atoms with E-state index in [9.17, 15) is 4.79 Å². The minimum Gasteiger partial charge on any atom is -0.470 e. The molecule has 7 rings (SSSR count). The van der Waals surface area contributed by atoms with Gasteiger partial charge in [-0.1, -0.05) is 23.4 Å². The van der Waals surface area contributed by atoms with E-state index in [1.807, 2.05) is 29.2 Å². The van der Waals surface area contributed by atoms with E-state index < -0.39 is 0 Å². The normalized spacial score (nSPS) is 17.3. The maximum Gasteiger partial charge on any atom is 0.255 e. The van der Waals surface area contributed by atoms with Gasteiger partial charge in [0, 0.05) is 42.7 Å². The zero-order valence-electron chi connectivity index (χ0n) is 21.7. The molecule has 0 spiro atoms. The molecule has 0 N–H and O–H groups in total. The summed E-state index contributed by atoms with van der Waals surface area (Å²) in [5.74, 6) is 1.38. The average Bonchev–Trinajstić information content (AvgIpc) is 3.62. The van der Waals surface area contributed by atoms with Gasteiger partial charge in [-0.15, -0.1) is 15.3 Å². The number of likely N-dealkylation sites (tertiary alicyclic amines) is 1. The van der Waals surface area contributed by atoms with E-state index in [-0.39, 0.29) is 25.4 Å². The Bertz CT molecular complexity index is 1660. The van der Waals surface area contributed by atoms with Crippen molar-refractivity contribution in [3.05, 3.63) is 65.7 Å². The van der Waals surface area contributed by atoms with E-state index >= 15 is 0 Å². The highest BCUT2D eigenvalue weighted by molar-refractivity contribution is 5.97. The zero-order chi connectivity index (χ0) is 26.9. The van der Waals surface area contributed by atoms with Crippen LogP contribution in [0.5, 0.6) is 5.88 Å². The molecular formula is C28H27N7O5. The Hall–Kier alpha value is -4.42. The van der Waals surface area contributed by atoms with Crippen LogP contribution in [0.25, 0.3) is 27.9 Å². The molecule has 0 bridgehead atoms. The molecule has 12 heteroatoms. The minimum absolute atomic E-state index is 0.00867. The first-order chi connectivity index (χ1) is 19.7. The summed E-state index contributed by atoms with van der Waals surface area (Å²) >= 11 is 0. The Balaban J connectivity index is 1.13. The van der Waals surface area contributed by atoms with Crippen LogP contribution in [0.3, 0.4) is 0 Å². The van der Waals surface area contributed by atoms with E-state index in [1.54, 1.807) is 28.9 Å². The van der Waals surface area contributed by atoms with Crippen molar-refractivity contribution < 1.29 is 23.5 Å². The molecule has 12 nitrogen and oxygen atoms in total. The van der Waals surface area contributed by atoms with Gasteiger partial charge in [-0.05, 0) is 43.9 Å². The summed E-state index contributed by atoms with van der Waals surface area (Å²) < 4.78 is 24.7. The summed E-state index contributed by atoms with van der Waals surface area (Å²) in [6.45, 7) is 2.73. The van der Waals surface area contributed by atoms with Gasteiger partial charge in [0.1, 0.15) is 13.2 Å². The fraction of sp³-hybridized carbons (Fsp3) is 0.357. The standard InChI is InChI=1S/C28H27N7O5/c36-28(34-11-5-12-34)18-9-10-19(29-15-18)16-39-27-22-7-2-1-6-21(22)25-30-31-26(35(25)32-27)23-14-20(40-33-23)17-38-24-8-3-4-13-37-24/h1-2,6-7,9-10,14-15,24H,3-5,8,11-13,16-17H2. The average molecular weight is 542 g/mol. The highest BCUT2D eigenvalue weighted by atomic mass is 16.7. The lowest BCUT2D eigenvalue weighted by molar-refractivity contribution is -0.171. The number of rotatable bonds is 8. The molecule has 1 amide bonds. The summed E-state index contributed by atoms with van der Waals surface area (Å²) in [5, 5.41) is 19.2. The van der Waals surface area contributed by atoms with E-state index in [4.69, 9.17) is 23.8 Å². The van der Waals surface area contributed by atoms with Gasteiger partial charge in [-0.3, -0.25) is 9.78 Å². The number of hydrogen-bond donors (Lipinski definition) is 0. The summed E-state index contributed by atoms with van der Waals surface area (Å²) in [7, 11) is 0. The number of hydrogen-bond acceptors (Lipinski definition) is 10. The number of carbonyl (C=O) groups is 1. The van der Waals surface area contributed by atoms with Crippen LogP contribution in [0.1, 0.15) is 47.5 Å². The Kier molecular flexibility index (Phi) is 6.54. The second kappa shape index (κ2) is 10.6. The summed E-state index contributed by atoms with van der Waals surface area (Å²) in [5.41, 5.74) is 2.30. The molecule has 204 valence electrons. The van der Waals surface area contributed by atoms with Crippen LogP contribution in [0.4, 0.5) is 0 Å². The summed E-state index contributed by atoms with van der Waals surface area (Å²) in [4.78, 5) is 18.7. The van der Waals surface area contributed by atoms with Gasteiger partial charge >= 0.3 is 0 Å². The second-order valence-corrected chi connectivity index (χ2v) is 9.87. The molecule has 1 unspecified atom stereocenters. The summed E-state index contributed by atoms with van der Waals surface area (Å²) in [6, 6.07) is 13.1. The first-order valence-electron chi connectivity index (χ1n) is 13.4. The van der Waals surface area contributed by atoms with Crippen LogP contribution in [0.15, 0.2) is 53.2 Å². The molecule has 0 saturated carbocycles. The molecule has 4 aromatic heterocycles. The van der Waals surface area contributed by atoms with Gasteiger partial charge in [0.15, 0.2) is 23.4 Å². The minimum atomic E-state index is -0.226. The van der Waals surface area contributed by atoms with Crippen LogP contribution in [-0.4, -0.2) is 66.7 Å². The van der Waals surface area contributed by atoms with Crippen molar-refractivity contribution in [3.8, 4) is 17.4 Å². The van der Waals surface area contributed by atoms with Crippen LogP contribution in [0, 0.1) is 0 Å². The van der Waals surface area contributed by atoms with Gasteiger partial charge in [0.2, 0.25) is 11.7 Å². The zero-order valence-corrected chi connectivity index (χ0v) is 21.7. The molecule has 40 heavy (non-hydrogen) atoms. The van der Waals surface area contributed by atoms with Crippen LogP contribution >= 0.6 is 0 Å². The predicted octanol–water partition coefficient (Wildman–Crippen LogP) is 3.80. The molecule has 2 saturated heterocycles. The third kappa shape index (κ3) is 4.75. The van der Waals surface area contributed by atoms with Crippen LogP contribution < -0.4 is 4.74 Å². The van der Waals surface area contributed by atoms with Crippen LogP contribution in [-0.2, 0) is 22.7 Å².